The molecule has 5 rings (SSSR count). The summed E-state index contributed by atoms with van der Waals surface area (Å²) >= 11 is 0. The summed E-state index contributed by atoms with van der Waals surface area (Å²) < 4.78 is 1.94. The van der Waals surface area contributed by atoms with Gasteiger partial charge in [-0.2, -0.15) is 5.10 Å². The number of pyridine rings is 1. The van der Waals surface area contributed by atoms with Crippen molar-refractivity contribution in [1.82, 2.24) is 25.6 Å². The molecular formula is C26H33N5O. The van der Waals surface area contributed by atoms with Crippen molar-refractivity contribution in [2.45, 2.75) is 63.1 Å². The number of aromatic nitrogens is 2. The molecule has 32 heavy (non-hydrogen) atoms. The first-order valence-electron chi connectivity index (χ1n) is 12.0. The van der Waals surface area contributed by atoms with Gasteiger partial charge in [0.2, 0.25) is 0 Å². The maximum atomic E-state index is 12.6. The number of nitrogens with zero attached hydrogens (tertiary/aromatic N) is 2. The largest absolute Gasteiger partial charge is 0.349 e. The van der Waals surface area contributed by atoms with Gasteiger partial charge >= 0.3 is 0 Å². The molecule has 2 fully saturated rings. The Balaban J connectivity index is 1.17. The van der Waals surface area contributed by atoms with Gasteiger partial charge in [0.1, 0.15) is 0 Å². The van der Waals surface area contributed by atoms with Crippen LogP contribution in [-0.2, 0) is 0 Å². The molecule has 2 aliphatic rings. The minimum absolute atomic E-state index is 0.0524. The van der Waals surface area contributed by atoms with Crippen molar-refractivity contribution in [2.24, 2.45) is 0 Å². The number of amides is 1. The van der Waals surface area contributed by atoms with Gasteiger partial charge in [-0.15, -0.1) is 0 Å². The van der Waals surface area contributed by atoms with E-state index in [0.29, 0.717) is 18.0 Å². The molecule has 3 unspecified atom stereocenters. The second kappa shape index (κ2) is 9.43. The van der Waals surface area contributed by atoms with E-state index in [2.05, 4.69) is 52.2 Å². The zero-order chi connectivity index (χ0) is 21.9. The summed E-state index contributed by atoms with van der Waals surface area (Å²) in [5.74, 6) is 0.599. The van der Waals surface area contributed by atoms with Crippen LogP contribution < -0.4 is 16.0 Å². The molecular weight excluding hydrogens is 398 g/mol. The molecule has 6 heteroatoms. The summed E-state index contributed by atoms with van der Waals surface area (Å²) in [7, 11) is 0. The first-order valence-corrected chi connectivity index (χ1v) is 12.0. The first-order chi connectivity index (χ1) is 15.7. The highest BCUT2D eigenvalue weighted by atomic mass is 16.1. The summed E-state index contributed by atoms with van der Waals surface area (Å²) in [6.45, 7) is 4.20. The van der Waals surface area contributed by atoms with Crippen LogP contribution in [0.5, 0.6) is 0 Å². The standard InChI is InChI=1S/C26H33N5O/c1-18(24-17-28-31-15-3-2-4-25(24)31)29-23-10-9-21(16-23)19-5-7-20(8-6-19)26(32)30-22-11-13-27-14-12-22/h2-8,15,17-18,21-23,27,29H,9-14,16H2,1H3,(H,30,32). The number of nitrogens with one attached hydrogen (secondary N) is 3. The van der Waals surface area contributed by atoms with Gasteiger partial charge in [-0.3, -0.25) is 4.79 Å². The smallest absolute Gasteiger partial charge is 0.251 e. The second-order valence-electron chi connectivity index (χ2n) is 9.35. The normalized spacial score (nSPS) is 22.8. The summed E-state index contributed by atoms with van der Waals surface area (Å²) in [6.07, 6.45) is 9.47. The summed E-state index contributed by atoms with van der Waals surface area (Å²) in [5.41, 5.74) is 4.52. The zero-order valence-electron chi connectivity index (χ0n) is 18.8. The molecule has 1 saturated heterocycles. The van der Waals surface area contributed by atoms with Gasteiger partial charge in [-0.25, -0.2) is 4.52 Å². The minimum atomic E-state index is 0.0524. The van der Waals surface area contributed by atoms with Gasteiger partial charge in [-0.1, -0.05) is 18.2 Å². The molecule has 1 aliphatic heterocycles. The molecule has 1 aliphatic carbocycles. The SMILES string of the molecule is CC(NC1CCC(c2ccc(C(=O)NC3CCNCC3)cc2)C1)c1cnn2ccccc12. The maximum absolute atomic E-state index is 12.6. The van der Waals surface area contributed by atoms with E-state index in [1.54, 1.807) is 0 Å². The van der Waals surface area contributed by atoms with E-state index >= 15 is 0 Å². The summed E-state index contributed by atoms with van der Waals surface area (Å²) in [5, 5.41) is 14.8. The van der Waals surface area contributed by atoms with Crippen LogP contribution in [0.15, 0.2) is 54.9 Å². The topological polar surface area (TPSA) is 70.5 Å². The van der Waals surface area contributed by atoms with Crippen molar-refractivity contribution in [1.29, 1.82) is 0 Å². The summed E-state index contributed by atoms with van der Waals surface area (Å²) in [4.78, 5) is 12.6. The van der Waals surface area contributed by atoms with E-state index in [9.17, 15) is 4.79 Å². The lowest BCUT2D eigenvalue weighted by atomic mass is 9.96. The maximum Gasteiger partial charge on any atom is 0.251 e. The van der Waals surface area contributed by atoms with E-state index in [1.165, 1.54) is 29.5 Å². The zero-order valence-corrected chi connectivity index (χ0v) is 18.8. The lowest BCUT2D eigenvalue weighted by Crippen LogP contribution is -2.42. The van der Waals surface area contributed by atoms with Gasteiger partial charge in [0.15, 0.2) is 0 Å². The Kier molecular flexibility index (Phi) is 6.23. The van der Waals surface area contributed by atoms with Crippen molar-refractivity contribution in [3.63, 3.8) is 0 Å². The fraction of sp³-hybridized carbons (Fsp3) is 0.462. The Morgan fingerprint density at radius 1 is 1.06 bits per heavy atom. The number of benzene rings is 1. The molecule has 1 saturated carbocycles. The predicted molar refractivity (Wildman–Crippen MR) is 127 cm³/mol. The third-order valence-corrected chi connectivity index (χ3v) is 7.16. The Hall–Kier alpha value is -2.70. The quantitative estimate of drug-likeness (QED) is 0.555. The molecule has 6 nitrogen and oxygen atoms in total. The van der Waals surface area contributed by atoms with Gasteiger partial charge in [0.25, 0.3) is 5.91 Å². The number of rotatable bonds is 6. The summed E-state index contributed by atoms with van der Waals surface area (Å²) in [6, 6.07) is 15.5. The highest BCUT2D eigenvalue weighted by molar-refractivity contribution is 5.94. The van der Waals surface area contributed by atoms with Gasteiger partial charge in [0, 0.05) is 35.4 Å². The average Bonchev–Trinajstić information content (AvgIpc) is 3.47. The predicted octanol–water partition coefficient (Wildman–Crippen LogP) is 3.80. The van der Waals surface area contributed by atoms with Crippen LogP contribution in [0.3, 0.4) is 0 Å². The lowest BCUT2D eigenvalue weighted by Gasteiger charge is -2.23. The molecule has 1 aromatic carbocycles. The van der Waals surface area contributed by atoms with Crippen LogP contribution in [0.4, 0.5) is 0 Å². The van der Waals surface area contributed by atoms with Crippen LogP contribution >= 0.6 is 0 Å². The first kappa shape index (κ1) is 21.2. The molecule has 0 spiro atoms. The molecule has 0 radical (unpaired) electrons. The number of piperidine rings is 1. The van der Waals surface area contributed by atoms with Crippen molar-refractivity contribution < 1.29 is 4.79 Å². The highest BCUT2D eigenvalue weighted by Gasteiger charge is 2.28. The molecule has 3 aromatic rings. The van der Waals surface area contributed by atoms with Crippen molar-refractivity contribution in [2.75, 3.05) is 13.1 Å². The second-order valence-corrected chi connectivity index (χ2v) is 9.35. The van der Waals surface area contributed by atoms with E-state index in [4.69, 9.17) is 0 Å². The number of fused-ring (bicyclic) bond motifs is 1. The molecule has 3 heterocycles. The van der Waals surface area contributed by atoms with Crippen LogP contribution in [0.2, 0.25) is 0 Å². The van der Waals surface area contributed by atoms with Gasteiger partial charge < -0.3 is 16.0 Å². The van der Waals surface area contributed by atoms with Crippen LogP contribution in [0.25, 0.3) is 5.52 Å². The fourth-order valence-electron chi connectivity index (χ4n) is 5.31. The number of carbonyl (C=O) groups is 1. The third kappa shape index (κ3) is 4.57. The molecule has 3 N–H and O–H groups in total. The lowest BCUT2D eigenvalue weighted by molar-refractivity contribution is 0.0929. The van der Waals surface area contributed by atoms with Gasteiger partial charge in [0.05, 0.1) is 11.7 Å². The van der Waals surface area contributed by atoms with E-state index < -0.39 is 0 Å². The van der Waals surface area contributed by atoms with Crippen molar-refractivity contribution in [3.05, 3.63) is 71.5 Å². The number of carbonyl (C=O) groups excluding carboxylic acids is 1. The minimum Gasteiger partial charge on any atom is -0.349 e. The Labute approximate surface area is 189 Å². The Morgan fingerprint density at radius 3 is 2.69 bits per heavy atom. The van der Waals surface area contributed by atoms with Crippen LogP contribution in [0, 0.1) is 0 Å². The van der Waals surface area contributed by atoms with E-state index in [1.807, 2.05) is 35.1 Å². The number of hydrogen-bond donors (Lipinski definition) is 3. The van der Waals surface area contributed by atoms with Crippen molar-refractivity contribution in [3.8, 4) is 0 Å². The van der Waals surface area contributed by atoms with Crippen molar-refractivity contribution >= 4 is 11.4 Å². The van der Waals surface area contributed by atoms with Crippen LogP contribution in [-0.4, -0.2) is 40.7 Å². The Morgan fingerprint density at radius 2 is 1.88 bits per heavy atom. The van der Waals surface area contributed by atoms with E-state index in [-0.39, 0.29) is 11.9 Å². The monoisotopic (exact) mass is 431 g/mol. The third-order valence-electron chi connectivity index (χ3n) is 7.16. The Bertz CT molecular complexity index is 1050. The van der Waals surface area contributed by atoms with Crippen LogP contribution in [0.1, 0.15) is 72.5 Å². The highest BCUT2D eigenvalue weighted by Crippen LogP contribution is 2.35. The number of hydrogen-bond acceptors (Lipinski definition) is 4. The average molecular weight is 432 g/mol. The molecule has 2 aromatic heterocycles. The fourth-order valence-corrected chi connectivity index (χ4v) is 5.31. The van der Waals surface area contributed by atoms with Gasteiger partial charge in [-0.05, 0) is 87.9 Å². The van der Waals surface area contributed by atoms with E-state index in [0.717, 1.165) is 37.9 Å². The molecule has 3 atom stereocenters. The molecule has 0 bridgehead atoms. The molecule has 1 amide bonds. The molecule has 168 valence electrons.